The molecule has 27 heavy (non-hydrogen) atoms. The first-order valence-electron chi connectivity index (χ1n) is 9.30. The Balaban J connectivity index is 1.59. The predicted molar refractivity (Wildman–Crippen MR) is 101 cm³/mol. The first-order chi connectivity index (χ1) is 12.8. The highest BCUT2D eigenvalue weighted by atomic mass is 79.9. The summed E-state index contributed by atoms with van der Waals surface area (Å²) in [5, 5.41) is 14.4. The number of halogens is 1. The van der Waals surface area contributed by atoms with E-state index in [0.717, 1.165) is 47.7 Å². The molecule has 0 spiro atoms. The van der Waals surface area contributed by atoms with Crippen LogP contribution in [0.15, 0.2) is 4.47 Å². The van der Waals surface area contributed by atoms with E-state index in [1.54, 1.807) is 0 Å². The van der Waals surface area contributed by atoms with E-state index in [4.69, 9.17) is 14.6 Å². The van der Waals surface area contributed by atoms with Crippen LogP contribution in [0.2, 0.25) is 0 Å². The van der Waals surface area contributed by atoms with E-state index >= 15 is 0 Å². The minimum atomic E-state index is -0.978. The van der Waals surface area contributed by atoms with Crippen molar-refractivity contribution in [1.29, 1.82) is 0 Å². The van der Waals surface area contributed by atoms with Crippen LogP contribution in [0.3, 0.4) is 0 Å². The van der Waals surface area contributed by atoms with Crippen molar-refractivity contribution in [2.45, 2.75) is 57.8 Å². The molecule has 1 aromatic carbocycles. The smallest absolute Gasteiger partial charge is 0.404 e. The van der Waals surface area contributed by atoms with Gasteiger partial charge in [-0.25, -0.2) is 4.79 Å². The van der Waals surface area contributed by atoms with E-state index in [-0.39, 0.29) is 17.9 Å². The zero-order valence-electron chi connectivity index (χ0n) is 15.4. The van der Waals surface area contributed by atoms with Gasteiger partial charge in [0.15, 0.2) is 11.5 Å². The molecule has 1 aliphatic carbocycles. The third-order valence-corrected chi connectivity index (χ3v) is 6.82. The van der Waals surface area contributed by atoms with Crippen LogP contribution in [0.4, 0.5) is 4.79 Å². The van der Waals surface area contributed by atoms with Crippen molar-refractivity contribution in [3.8, 4) is 11.5 Å². The molecule has 0 saturated heterocycles. The first-order valence-corrected chi connectivity index (χ1v) is 10.1. The van der Waals surface area contributed by atoms with Crippen LogP contribution in [0.1, 0.15) is 54.1 Å². The normalized spacial score (nSPS) is 29.1. The van der Waals surface area contributed by atoms with Crippen molar-refractivity contribution in [3.05, 3.63) is 21.2 Å². The Kier molecular flexibility index (Phi) is 4.49. The highest BCUT2D eigenvalue weighted by Gasteiger charge is 2.48. The molecule has 0 radical (unpaired) electrons. The summed E-state index contributed by atoms with van der Waals surface area (Å²) in [5.41, 5.74) is 2.46. The quantitative estimate of drug-likeness (QED) is 0.657. The standard InChI is InChI=1S/C19H23BrN2O5/c1-9-13-12(7-8-21-17(13)23)14(20)16-15(9)26-19(2,27-16)10-3-5-11(6-4-10)22-18(24)25/h10-11,22H,3-8H2,1-2H3,(H,21,23)(H,24,25). The van der Waals surface area contributed by atoms with Gasteiger partial charge >= 0.3 is 6.09 Å². The predicted octanol–water partition coefficient (Wildman–Crippen LogP) is 3.36. The molecule has 146 valence electrons. The van der Waals surface area contributed by atoms with Gasteiger partial charge in [-0.1, -0.05) is 0 Å². The van der Waals surface area contributed by atoms with Crippen molar-refractivity contribution in [2.75, 3.05) is 6.54 Å². The van der Waals surface area contributed by atoms with Crippen molar-refractivity contribution in [2.24, 2.45) is 5.92 Å². The van der Waals surface area contributed by atoms with E-state index in [9.17, 15) is 9.59 Å². The molecular formula is C19H23BrN2O5. The molecule has 2 amide bonds. The Bertz CT molecular complexity index is 819. The number of rotatable bonds is 2. The van der Waals surface area contributed by atoms with Crippen molar-refractivity contribution < 1.29 is 24.2 Å². The van der Waals surface area contributed by atoms with Gasteiger partial charge in [-0.2, -0.15) is 0 Å². The lowest BCUT2D eigenvalue weighted by Gasteiger charge is -2.37. The van der Waals surface area contributed by atoms with Crippen LogP contribution in [0.5, 0.6) is 11.5 Å². The molecule has 1 atom stereocenters. The molecular weight excluding hydrogens is 416 g/mol. The highest BCUT2D eigenvalue weighted by molar-refractivity contribution is 9.10. The van der Waals surface area contributed by atoms with E-state index in [1.165, 1.54) is 0 Å². The fourth-order valence-electron chi connectivity index (χ4n) is 4.53. The van der Waals surface area contributed by atoms with Crippen LogP contribution in [-0.4, -0.2) is 35.5 Å². The third-order valence-electron chi connectivity index (χ3n) is 5.98. The van der Waals surface area contributed by atoms with E-state index < -0.39 is 11.9 Å². The lowest BCUT2D eigenvalue weighted by Crippen LogP contribution is -2.47. The second kappa shape index (κ2) is 6.58. The molecule has 7 nitrogen and oxygen atoms in total. The number of hydrogen-bond acceptors (Lipinski definition) is 4. The van der Waals surface area contributed by atoms with Gasteiger partial charge in [0, 0.05) is 31.0 Å². The SMILES string of the molecule is Cc1c2c(c(Br)c3c1C(=O)NCC3)OC(C)(C1CCC(NC(=O)O)CC1)O2. The number of hydrogen-bond donors (Lipinski definition) is 3. The molecule has 2 heterocycles. The minimum absolute atomic E-state index is 0.0180. The number of nitrogens with one attached hydrogen (secondary N) is 2. The largest absolute Gasteiger partial charge is 0.465 e. The van der Waals surface area contributed by atoms with Crippen LogP contribution in [0.25, 0.3) is 0 Å². The molecule has 1 fully saturated rings. The van der Waals surface area contributed by atoms with Crippen LogP contribution in [-0.2, 0) is 6.42 Å². The fourth-order valence-corrected chi connectivity index (χ4v) is 5.19. The van der Waals surface area contributed by atoms with Gasteiger partial charge in [0.25, 0.3) is 11.7 Å². The number of amides is 2. The number of carbonyl (C=O) groups is 2. The number of benzene rings is 1. The summed E-state index contributed by atoms with van der Waals surface area (Å²) in [7, 11) is 0. The summed E-state index contributed by atoms with van der Waals surface area (Å²) >= 11 is 3.63. The Morgan fingerprint density at radius 2 is 1.93 bits per heavy atom. The van der Waals surface area contributed by atoms with E-state index in [0.29, 0.717) is 23.6 Å². The fraction of sp³-hybridized carbons (Fsp3) is 0.579. The van der Waals surface area contributed by atoms with E-state index in [2.05, 4.69) is 26.6 Å². The van der Waals surface area contributed by atoms with Gasteiger partial charge in [-0.3, -0.25) is 4.79 Å². The Hall–Kier alpha value is -1.96. The van der Waals surface area contributed by atoms with Crippen molar-refractivity contribution in [3.63, 3.8) is 0 Å². The molecule has 1 aromatic rings. The summed E-state index contributed by atoms with van der Waals surface area (Å²) in [6.45, 7) is 4.45. The first kappa shape index (κ1) is 18.4. The van der Waals surface area contributed by atoms with Crippen LogP contribution < -0.4 is 20.1 Å². The second-order valence-electron chi connectivity index (χ2n) is 7.67. The zero-order chi connectivity index (χ0) is 19.3. The summed E-state index contributed by atoms with van der Waals surface area (Å²) < 4.78 is 13.4. The molecule has 1 saturated carbocycles. The summed E-state index contributed by atoms with van der Waals surface area (Å²) in [6, 6.07) is -0.0180. The number of ether oxygens (including phenoxy) is 2. The number of carboxylic acid groups (broad SMARTS) is 1. The molecule has 1 unspecified atom stereocenters. The van der Waals surface area contributed by atoms with Crippen molar-refractivity contribution >= 4 is 27.9 Å². The van der Waals surface area contributed by atoms with Crippen LogP contribution in [0, 0.1) is 12.8 Å². The molecule has 0 aromatic heterocycles. The van der Waals surface area contributed by atoms with Crippen LogP contribution >= 0.6 is 15.9 Å². The molecule has 3 N–H and O–H groups in total. The number of carbonyl (C=O) groups excluding carboxylic acids is 1. The highest BCUT2D eigenvalue weighted by Crippen LogP contribution is 2.53. The van der Waals surface area contributed by atoms with E-state index in [1.807, 2.05) is 13.8 Å². The molecule has 4 rings (SSSR count). The lowest BCUT2D eigenvalue weighted by atomic mass is 9.81. The lowest BCUT2D eigenvalue weighted by molar-refractivity contribution is -0.121. The average Bonchev–Trinajstić information content (AvgIpc) is 2.99. The zero-order valence-corrected chi connectivity index (χ0v) is 16.9. The molecule has 0 bridgehead atoms. The topological polar surface area (TPSA) is 96.9 Å². The van der Waals surface area contributed by atoms with Crippen molar-refractivity contribution in [1.82, 2.24) is 10.6 Å². The maximum Gasteiger partial charge on any atom is 0.404 e. The summed E-state index contributed by atoms with van der Waals surface area (Å²) in [4.78, 5) is 23.2. The third kappa shape index (κ3) is 3.03. The molecule has 3 aliphatic rings. The summed E-state index contributed by atoms with van der Waals surface area (Å²) in [5.74, 6) is 0.563. The Morgan fingerprint density at radius 3 is 2.59 bits per heavy atom. The maximum atomic E-state index is 12.4. The van der Waals surface area contributed by atoms with Gasteiger partial charge < -0.3 is 25.2 Å². The second-order valence-corrected chi connectivity index (χ2v) is 8.47. The average molecular weight is 439 g/mol. The van der Waals surface area contributed by atoms with Gasteiger partial charge in [-0.15, -0.1) is 0 Å². The van der Waals surface area contributed by atoms with Gasteiger partial charge in [0.1, 0.15) is 0 Å². The monoisotopic (exact) mass is 438 g/mol. The summed E-state index contributed by atoms with van der Waals surface area (Å²) in [6.07, 6.45) is 2.91. The van der Waals surface area contributed by atoms with Gasteiger partial charge in [0.2, 0.25) is 0 Å². The minimum Gasteiger partial charge on any atom is -0.465 e. The Morgan fingerprint density at radius 1 is 1.26 bits per heavy atom. The number of fused-ring (bicyclic) bond motifs is 2. The maximum absolute atomic E-state index is 12.4. The van der Waals surface area contributed by atoms with Gasteiger partial charge in [-0.05, 0) is 60.5 Å². The Labute approximate surface area is 165 Å². The molecule has 2 aliphatic heterocycles. The van der Waals surface area contributed by atoms with Gasteiger partial charge in [0.05, 0.1) is 10.0 Å². The molecule has 8 heteroatoms.